The molecule has 0 aliphatic heterocycles. The Kier molecular flexibility index (Phi) is 5.59. The number of phenols is 1. The Morgan fingerprint density at radius 3 is 2.46 bits per heavy atom. The first-order chi connectivity index (χ1) is 11.4. The van der Waals surface area contributed by atoms with Gasteiger partial charge in [-0.15, -0.1) is 0 Å². The van der Waals surface area contributed by atoms with Crippen LogP contribution in [0.15, 0.2) is 42.5 Å². The van der Waals surface area contributed by atoms with E-state index in [2.05, 4.69) is 10.9 Å². The van der Waals surface area contributed by atoms with Gasteiger partial charge in [-0.1, -0.05) is 11.6 Å². The van der Waals surface area contributed by atoms with Crippen molar-refractivity contribution in [3.05, 3.63) is 58.9 Å². The highest BCUT2D eigenvalue weighted by molar-refractivity contribution is 6.32. The fourth-order valence-electron chi connectivity index (χ4n) is 1.71. The zero-order valence-electron chi connectivity index (χ0n) is 12.5. The Hall–Kier alpha value is -2.80. The number of hydrogen-bond donors (Lipinski definition) is 3. The number of rotatable bonds is 4. The van der Waals surface area contributed by atoms with Crippen LogP contribution < -0.4 is 15.6 Å². The number of carbonyl (C=O) groups is 2. The number of amides is 2. The predicted octanol–water partition coefficient (Wildman–Crippen LogP) is 2.41. The Morgan fingerprint density at radius 2 is 1.83 bits per heavy atom. The highest BCUT2D eigenvalue weighted by Crippen LogP contribution is 2.23. The number of carbonyl (C=O) groups excluding carboxylic acids is 2. The van der Waals surface area contributed by atoms with Crippen LogP contribution in [0.4, 0.5) is 4.39 Å². The molecule has 0 spiro atoms. The van der Waals surface area contributed by atoms with Crippen molar-refractivity contribution >= 4 is 23.4 Å². The topological polar surface area (TPSA) is 87.7 Å². The van der Waals surface area contributed by atoms with E-state index in [-0.39, 0.29) is 16.3 Å². The Bertz CT molecular complexity index is 752. The molecular formula is C16H14ClFN2O4. The molecule has 126 valence electrons. The van der Waals surface area contributed by atoms with E-state index in [0.29, 0.717) is 5.75 Å². The number of hydrazine groups is 1. The van der Waals surface area contributed by atoms with Gasteiger partial charge in [0.15, 0.2) is 6.10 Å². The highest BCUT2D eigenvalue weighted by Gasteiger charge is 2.16. The van der Waals surface area contributed by atoms with Crippen molar-refractivity contribution in [2.24, 2.45) is 0 Å². The van der Waals surface area contributed by atoms with Gasteiger partial charge >= 0.3 is 0 Å². The number of benzene rings is 2. The lowest BCUT2D eigenvalue weighted by atomic mass is 10.2. The van der Waals surface area contributed by atoms with E-state index in [1.807, 2.05) is 0 Å². The smallest absolute Gasteiger partial charge is 0.279 e. The van der Waals surface area contributed by atoms with Gasteiger partial charge in [0.1, 0.15) is 17.3 Å². The van der Waals surface area contributed by atoms with E-state index >= 15 is 0 Å². The van der Waals surface area contributed by atoms with Crippen molar-refractivity contribution in [2.75, 3.05) is 0 Å². The van der Waals surface area contributed by atoms with Crippen molar-refractivity contribution < 1.29 is 23.8 Å². The number of hydrogen-bond acceptors (Lipinski definition) is 4. The summed E-state index contributed by atoms with van der Waals surface area (Å²) in [7, 11) is 0. The molecule has 0 saturated heterocycles. The number of phenolic OH excluding ortho intramolecular Hbond substituents is 1. The summed E-state index contributed by atoms with van der Waals surface area (Å²) in [5.41, 5.74) is 4.56. The van der Waals surface area contributed by atoms with Gasteiger partial charge in [0.2, 0.25) is 0 Å². The minimum atomic E-state index is -0.917. The Morgan fingerprint density at radius 1 is 1.17 bits per heavy atom. The molecule has 1 atom stereocenters. The lowest BCUT2D eigenvalue weighted by Gasteiger charge is -2.15. The molecule has 0 saturated carbocycles. The molecule has 24 heavy (non-hydrogen) atoms. The average molecular weight is 353 g/mol. The van der Waals surface area contributed by atoms with Crippen molar-refractivity contribution in [1.29, 1.82) is 0 Å². The maximum atomic E-state index is 12.8. The van der Waals surface area contributed by atoms with Crippen LogP contribution in [0.25, 0.3) is 0 Å². The van der Waals surface area contributed by atoms with E-state index in [1.165, 1.54) is 49.4 Å². The van der Waals surface area contributed by atoms with Crippen LogP contribution in [0.2, 0.25) is 5.02 Å². The molecule has 2 rings (SSSR count). The van der Waals surface area contributed by atoms with E-state index in [0.717, 1.165) is 0 Å². The monoisotopic (exact) mass is 352 g/mol. The summed E-state index contributed by atoms with van der Waals surface area (Å²) in [5, 5.41) is 9.32. The SMILES string of the molecule is C[C@@H](Oc1ccc(F)cc1)C(=O)NNC(=O)c1ccc(O)c(Cl)c1. The lowest BCUT2D eigenvalue weighted by molar-refractivity contribution is -0.128. The second kappa shape index (κ2) is 7.65. The summed E-state index contributed by atoms with van der Waals surface area (Å²) >= 11 is 5.71. The molecule has 0 fully saturated rings. The first-order valence-corrected chi connectivity index (χ1v) is 7.25. The normalized spacial score (nSPS) is 11.5. The fourth-order valence-corrected chi connectivity index (χ4v) is 1.89. The van der Waals surface area contributed by atoms with Crippen LogP contribution in [-0.4, -0.2) is 23.0 Å². The van der Waals surface area contributed by atoms with Gasteiger partial charge in [-0.3, -0.25) is 20.4 Å². The van der Waals surface area contributed by atoms with E-state index < -0.39 is 23.7 Å². The van der Waals surface area contributed by atoms with Gasteiger partial charge in [-0.05, 0) is 49.4 Å². The maximum Gasteiger partial charge on any atom is 0.279 e. The maximum absolute atomic E-state index is 12.8. The minimum absolute atomic E-state index is 0.0157. The molecule has 0 bridgehead atoms. The molecule has 3 N–H and O–H groups in total. The highest BCUT2D eigenvalue weighted by atomic mass is 35.5. The van der Waals surface area contributed by atoms with Crippen molar-refractivity contribution in [2.45, 2.75) is 13.0 Å². The molecule has 6 nitrogen and oxygen atoms in total. The summed E-state index contributed by atoms with van der Waals surface area (Å²) in [6.45, 7) is 1.47. The van der Waals surface area contributed by atoms with E-state index in [4.69, 9.17) is 16.3 Å². The van der Waals surface area contributed by atoms with Crippen molar-refractivity contribution in [3.63, 3.8) is 0 Å². The third kappa shape index (κ3) is 4.60. The Labute approximate surface area is 142 Å². The summed E-state index contributed by atoms with van der Waals surface area (Å²) in [6.07, 6.45) is -0.917. The predicted molar refractivity (Wildman–Crippen MR) is 85.2 cm³/mol. The second-order valence-electron chi connectivity index (χ2n) is 4.82. The first kappa shape index (κ1) is 17.6. The first-order valence-electron chi connectivity index (χ1n) is 6.88. The van der Waals surface area contributed by atoms with Crippen molar-refractivity contribution in [3.8, 4) is 11.5 Å². The van der Waals surface area contributed by atoms with Gasteiger partial charge in [0.05, 0.1) is 5.02 Å². The molecule has 0 heterocycles. The third-order valence-electron chi connectivity index (χ3n) is 3.00. The molecule has 2 aromatic rings. The van der Waals surface area contributed by atoms with Crippen LogP contribution in [0.1, 0.15) is 17.3 Å². The molecule has 0 unspecified atom stereocenters. The average Bonchev–Trinajstić information content (AvgIpc) is 2.56. The zero-order valence-corrected chi connectivity index (χ0v) is 13.3. The number of halogens is 2. The van der Waals surface area contributed by atoms with Crippen LogP contribution in [0.5, 0.6) is 11.5 Å². The fraction of sp³-hybridized carbons (Fsp3) is 0.125. The minimum Gasteiger partial charge on any atom is -0.506 e. The molecule has 2 aromatic carbocycles. The van der Waals surface area contributed by atoms with E-state index in [9.17, 15) is 19.1 Å². The van der Waals surface area contributed by atoms with Gasteiger partial charge < -0.3 is 9.84 Å². The molecule has 0 aliphatic rings. The van der Waals surface area contributed by atoms with Gasteiger partial charge in [0, 0.05) is 5.56 Å². The summed E-state index contributed by atoms with van der Waals surface area (Å²) in [5.74, 6) is -1.47. The zero-order chi connectivity index (χ0) is 17.7. The number of aromatic hydroxyl groups is 1. The number of nitrogens with one attached hydrogen (secondary N) is 2. The quantitative estimate of drug-likeness (QED) is 0.737. The largest absolute Gasteiger partial charge is 0.506 e. The van der Waals surface area contributed by atoms with E-state index in [1.54, 1.807) is 0 Å². The molecule has 0 aliphatic carbocycles. The molecule has 8 heteroatoms. The molecule has 0 aromatic heterocycles. The van der Waals surface area contributed by atoms with Gasteiger partial charge in [0.25, 0.3) is 11.8 Å². The van der Waals surface area contributed by atoms with Crippen LogP contribution >= 0.6 is 11.6 Å². The Balaban J connectivity index is 1.88. The third-order valence-corrected chi connectivity index (χ3v) is 3.31. The molecule has 0 radical (unpaired) electrons. The van der Waals surface area contributed by atoms with Crippen LogP contribution in [0, 0.1) is 5.82 Å². The summed E-state index contributed by atoms with van der Waals surface area (Å²) in [4.78, 5) is 23.8. The van der Waals surface area contributed by atoms with Gasteiger partial charge in [-0.25, -0.2) is 4.39 Å². The van der Waals surface area contributed by atoms with Crippen LogP contribution in [0.3, 0.4) is 0 Å². The lowest BCUT2D eigenvalue weighted by Crippen LogP contribution is -2.47. The van der Waals surface area contributed by atoms with Gasteiger partial charge in [-0.2, -0.15) is 0 Å². The summed E-state index contributed by atoms with van der Waals surface area (Å²) in [6, 6.07) is 9.05. The second-order valence-corrected chi connectivity index (χ2v) is 5.23. The standard InChI is InChI=1S/C16H14ClFN2O4/c1-9(24-12-5-3-11(18)4-6-12)15(22)19-20-16(23)10-2-7-14(21)13(17)8-10/h2-9,21H,1H3,(H,19,22)(H,20,23)/t9-/m1/s1. The van der Waals surface area contributed by atoms with Crippen molar-refractivity contribution in [1.82, 2.24) is 10.9 Å². The number of ether oxygens (including phenoxy) is 1. The molecule has 2 amide bonds. The molecular weight excluding hydrogens is 339 g/mol. The summed E-state index contributed by atoms with van der Waals surface area (Å²) < 4.78 is 18.1. The van der Waals surface area contributed by atoms with Crippen LogP contribution in [-0.2, 0) is 4.79 Å².